The molecule has 0 spiro atoms. The molecule has 0 aromatic heterocycles. The van der Waals surface area contributed by atoms with Crippen LogP contribution in [0.25, 0.3) is 0 Å². The van der Waals surface area contributed by atoms with Gasteiger partial charge in [-0.05, 0) is 38.4 Å². The maximum absolute atomic E-state index is 12.0. The van der Waals surface area contributed by atoms with Gasteiger partial charge in [0.25, 0.3) is 0 Å². The van der Waals surface area contributed by atoms with Gasteiger partial charge in [0.15, 0.2) is 5.96 Å². The van der Waals surface area contributed by atoms with Gasteiger partial charge in [-0.1, -0.05) is 37.5 Å². The fraction of sp³-hybridized carbons (Fsp3) is 0.636. The standard InChI is InChI=1S/C22H35N5O.HI/c1-3-23-22(24-13-14-27(2)18-9-5-4-6-10-18)25-16-17-15-21(28)26-20-12-8-7-11-19(17)20;/h7-8,11-12,17-18H,3-6,9-10,13-16H2,1-2H3,(H,26,28)(H2,23,24,25);1H. The Bertz CT molecular complexity index is 675. The van der Waals surface area contributed by atoms with Crippen molar-refractivity contribution in [3.05, 3.63) is 29.8 Å². The monoisotopic (exact) mass is 513 g/mol. The Balaban J connectivity index is 0.00000300. The second-order valence-electron chi connectivity index (χ2n) is 7.96. The van der Waals surface area contributed by atoms with E-state index in [0.29, 0.717) is 13.0 Å². The molecule has 1 fully saturated rings. The van der Waals surface area contributed by atoms with Crippen molar-refractivity contribution in [2.45, 2.75) is 57.4 Å². The Labute approximate surface area is 192 Å². The Kier molecular flexibility index (Phi) is 10.2. The van der Waals surface area contributed by atoms with E-state index in [-0.39, 0.29) is 35.8 Å². The summed E-state index contributed by atoms with van der Waals surface area (Å²) in [5.74, 6) is 1.04. The Hall–Kier alpha value is -1.35. The lowest BCUT2D eigenvalue weighted by atomic mass is 9.91. The third kappa shape index (κ3) is 7.13. The highest BCUT2D eigenvalue weighted by Crippen LogP contribution is 2.32. The van der Waals surface area contributed by atoms with E-state index in [9.17, 15) is 4.79 Å². The average Bonchev–Trinajstić information content (AvgIpc) is 2.72. The zero-order chi connectivity index (χ0) is 19.8. The molecule has 29 heavy (non-hydrogen) atoms. The van der Waals surface area contributed by atoms with Crippen molar-refractivity contribution in [1.29, 1.82) is 0 Å². The van der Waals surface area contributed by atoms with Crippen LogP contribution in [-0.2, 0) is 4.79 Å². The number of hydrogen-bond acceptors (Lipinski definition) is 3. The lowest BCUT2D eigenvalue weighted by molar-refractivity contribution is -0.116. The minimum atomic E-state index is 0. The summed E-state index contributed by atoms with van der Waals surface area (Å²) in [4.78, 5) is 19.3. The number of halogens is 1. The van der Waals surface area contributed by atoms with E-state index >= 15 is 0 Å². The first-order chi connectivity index (χ1) is 13.7. The van der Waals surface area contributed by atoms with E-state index in [1.54, 1.807) is 0 Å². The molecule has 0 radical (unpaired) electrons. The van der Waals surface area contributed by atoms with E-state index in [1.807, 2.05) is 18.2 Å². The van der Waals surface area contributed by atoms with Crippen LogP contribution in [0.5, 0.6) is 0 Å². The van der Waals surface area contributed by atoms with Gasteiger partial charge in [0.05, 0.1) is 6.54 Å². The first-order valence-electron chi connectivity index (χ1n) is 10.8. The van der Waals surface area contributed by atoms with Crippen molar-refractivity contribution in [1.82, 2.24) is 15.5 Å². The summed E-state index contributed by atoms with van der Waals surface area (Å²) in [5, 5.41) is 9.75. The van der Waals surface area contributed by atoms with Gasteiger partial charge >= 0.3 is 0 Å². The largest absolute Gasteiger partial charge is 0.357 e. The quantitative estimate of drug-likeness (QED) is 0.297. The van der Waals surface area contributed by atoms with Crippen LogP contribution in [0.15, 0.2) is 29.3 Å². The van der Waals surface area contributed by atoms with Crippen LogP contribution in [0.1, 0.15) is 56.9 Å². The molecule has 1 aromatic rings. The Morgan fingerprint density at radius 1 is 1.21 bits per heavy atom. The zero-order valence-corrected chi connectivity index (χ0v) is 20.1. The number of aliphatic imine (C=N–C) groups is 1. The molecule has 0 bridgehead atoms. The summed E-state index contributed by atoms with van der Waals surface area (Å²) in [7, 11) is 2.24. The molecule has 162 valence electrons. The number of guanidine groups is 1. The Morgan fingerprint density at radius 2 is 1.97 bits per heavy atom. The number of para-hydroxylation sites is 1. The molecule has 0 saturated heterocycles. The molecule has 1 aromatic carbocycles. The smallest absolute Gasteiger partial charge is 0.225 e. The second kappa shape index (κ2) is 12.4. The molecule has 1 atom stereocenters. The highest BCUT2D eigenvalue weighted by molar-refractivity contribution is 14.0. The van der Waals surface area contributed by atoms with Crippen LogP contribution in [0.4, 0.5) is 5.69 Å². The van der Waals surface area contributed by atoms with Crippen molar-refractivity contribution in [3.63, 3.8) is 0 Å². The summed E-state index contributed by atoms with van der Waals surface area (Å²) in [6.45, 7) is 5.41. The summed E-state index contributed by atoms with van der Waals surface area (Å²) >= 11 is 0. The molecular formula is C22H36IN5O. The second-order valence-corrected chi connectivity index (χ2v) is 7.96. The maximum atomic E-state index is 12.0. The summed E-state index contributed by atoms with van der Waals surface area (Å²) in [6.07, 6.45) is 7.26. The molecule has 1 unspecified atom stereocenters. The highest BCUT2D eigenvalue weighted by atomic mass is 127. The van der Waals surface area contributed by atoms with E-state index in [4.69, 9.17) is 4.99 Å². The van der Waals surface area contributed by atoms with E-state index < -0.39 is 0 Å². The van der Waals surface area contributed by atoms with Crippen molar-refractivity contribution in [3.8, 4) is 0 Å². The van der Waals surface area contributed by atoms with Crippen LogP contribution in [-0.4, -0.2) is 56.0 Å². The summed E-state index contributed by atoms with van der Waals surface area (Å²) in [5.41, 5.74) is 2.10. The van der Waals surface area contributed by atoms with E-state index in [2.05, 4.69) is 40.9 Å². The van der Waals surface area contributed by atoms with Crippen molar-refractivity contribution in [2.24, 2.45) is 4.99 Å². The first-order valence-corrected chi connectivity index (χ1v) is 10.8. The number of hydrogen-bond donors (Lipinski definition) is 3. The molecule has 1 heterocycles. The molecule has 2 aliphatic rings. The number of benzene rings is 1. The number of nitrogens with zero attached hydrogens (tertiary/aromatic N) is 2. The van der Waals surface area contributed by atoms with Crippen molar-refractivity contribution < 1.29 is 4.79 Å². The summed E-state index contributed by atoms with van der Waals surface area (Å²) in [6, 6.07) is 8.77. The molecule has 3 N–H and O–H groups in total. The number of nitrogens with one attached hydrogen (secondary N) is 3. The number of carbonyl (C=O) groups is 1. The average molecular weight is 513 g/mol. The van der Waals surface area contributed by atoms with Gasteiger partial charge < -0.3 is 20.9 Å². The minimum Gasteiger partial charge on any atom is -0.357 e. The number of anilines is 1. The van der Waals surface area contributed by atoms with Gasteiger partial charge in [0.2, 0.25) is 5.91 Å². The van der Waals surface area contributed by atoms with Crippen LogP contribution in [0.2, 0.25) is 0 Å². The summed E-state index contributed by atoms with van der Waals surface area (Å²) < 4.78 is 0. The van der Waals surface area contributed by atoms with Gasteiger partial charge in [-0.3, -0.25) is 9.79 Å². The van der Waals surface area contributed by atoms with Gasteiger partial charge in [-0.25, -0.2) is 0 Å². The van der Waals surface area contributed by atoms with E-state index in [0.717, 1.165) is 37.3 Å². The van der Waals surface area contributed by atoms with Gasteiger partial charge in [-0.2, -0.15) is 0 Å². The Morgan fingerprint density at radius 3 is 2.72 bits per heavy atom. The van der Waals surface area contributed by atoms with Crippen LogP contribution >= 0.6 is 24.0 Å². The number of fused-ring (bicyclic) bond motifs is 1. The number of rotatable bonds is 7. The minimum absolute atomic E-state index is 0. The van der Waals surface area contributed by atoms with Crippen LogP contribution in [0, 0.1) is 0 Å². The number of carbonyl (C=O) groups excluding carboxylic acids is 1. The normalized spacial score (nSPS) is 19.9. The molecule has 1 aliphatic heterocycles. The van der Waals surface area contributed by atoms with Crippen molar-refractivity contribution in [2.75, 3.05) is 38.5 Å². The van der Waals surface area contributed by atoms with Crippen LogP contribution < -0.4 is 16.0 Å². The molecule has 7 heteroatoms. The highest BCUT2D eigenvalue weighted by Gasteiger charge is 2.24. The maximum Gasteiger partial charge on any atom is 0.225 e. The molecule has 1 amide bonds. The molecule has 1 saturated carbocycles. The van der Waals surface area contributed by atoms with Crippen molar-refractivity contribution >= 4 is 41.5 Å². The fourth-order valence-electron chi connectivity index (χ4n) is 4.26. The predicted molar refractivity (Wildman–Crippen MR) is 131 cm³/mol. The zero-order valence-electron chi connectivity index (χ0n) is 17.7. The predicted octanol–water partition coefficient (Wildman–Crippen LogP) is 3.55. The topological polar surface area (TPSA) is 68.8 Å². The number of amides is 1. The van der Waals surface area contributed by atoms with Gasteiger partial charge in [0.1, 0.15) is 0 Å². The van der Waals surface area contributed by atoms with E-state index in [1.165, 1.54) is 37.7 Å². The third-order valence-electron chi connectivity index (χ3n) is 5.88. The van der Waals surface area contributed by atoms with Gasteiger partial charge in [0, 0.05) is 43.7 Å². The number of likely N-dealkylation sites (N-methyl/N-ethyl adjacent to an activating group) is 1. The van der Waals surface area contributed by atoms with Crippen LogP contribution in [0.3, 0.4) is 0 Å². The SMILES string of the molecule is CCNC(=NCC1CC(=O)Nc2ccccc21)NCCN(C)C1CCCCC1.I. The third-order valence-corrected chi connectivity index (χ3v) is 5.88. The lowest BCUT2D eigenvalue weighted by Crippen LogP contribution is -2.43. The molecular weight excluding hydrogens is 477 g/mol. The molecule has 3 rings (SSSR count). The van der Waals surface area contributed by atoms with Gasteiger partial charge in [-0.15, -0.1) is 24.0 Å². The fourth-order valence-corrected chi connectivity index (χ4v) is 4.26. The molecule has 6 nitrogen and oxygen atoms in total. The molecule has 1 aliphatic carbocycles. The first kappa shape index (κ1) is 23.9. The lowest BCUT2D eigenvalue weighted by Gasteiger charge is -2.31.